The highest BCUT2D eigenvalue weighted by molar-refractivity contribution is 5.96. The quantitative estimate of drug-likeness (QED) is 0.633. The van der Waals surface area contributed by atoms with Crippen LogP contribution in [0.25, 0.3) is 0 Å². The van der Waals surface area contributed by atoms with Crippen molar-refractivity contribution in [2.45, 2.75) is 6.42 Å². The molecule has 0 aliphatic rings. The van der Waals surface area contributed by atoms with Gasteiger partial charge in [0.1, 0.15) is 0 Å². The molecule has 0 spiro atoms. The van der Waals surface area contributed by atoms with Gasteiger partial charge in [0.2, 0.25) is 5.91 Å². The van der Waals surface area contributed by atoms with Crippen molar-refractivity contribution in [2.75, 3.05) is 13.2 Å². The summed E-state index contributed by atoms with van der Waals surface area (Å²) in [6.45, 7) is -0.155. The minimum absolute atomic E-state index is 0.0284. The summed E-state index contributed by atoms with van der Waals surface area (Å²) in [6, 6.07) is 6.62. The predicted octanol–water partition coefficient (Wildman–Crippen LogP) is -0.364. The summed E-state index contributed by atoms with van der Waals surface area (Å²) >= 11 is 0. The number of nitrogens with two attached hydrogens (primary N) is 1. The summed E-state index contributed by atoms with van der Waals surface area (Å²) in [6.07, 6.45) is 0.418. The van der Waals surface area contributed by atoms with Crippen molar-refractivity contribution in [3.05, 3.63) is 35.4 Å². The van der Waals surface area contributed by atoms with Crippen LogP contribution in [0.2, 0.25) is 0 Å². The number of hydrogen-bond acceptors (Lipinski definition) is 3. The maximum atomic E-state index is 11.5. The number of rotatable bonds is 4. The Morgan fingerprint density at radius 1 is 1.28 bits per heavy atom. The molecule has 4 N–H and O–H groups in total. The SMILES string of the molecule is NC(=O)CNC(=O)c1ccc(C#CCCO)cc1. The first-order valence-corrected chi connectivity index (χ1v) is 5.40. The number of hydrogen-bond donors (Lipinski definition) is 3. The molecule has 1 rings (SSSR count). The topological polar surface area (TPSA) is 92.4 Å². The van der Waals surface area contributed by atoms with Crippen molar-refractivity contribution < 1.29 is 14.7 Å². The van der Waals surface area contributed by atoms with Crippen LogP contribution in [0.3, 0.4) is 0 Å². The zero-order valence-electron chi connectivity index (χ0n) is 9.77. The zero-order valence-corrected chi connectivity index (χ0v) is 9.77. The fourth-order valence-electron chi connectivity index (χ4n) is 1.19. The van der Waals surface area contributed by atoms with E-state index in [0.717, 1.165) is 5.56 Å². The monoisotopic (exact) mass is 246 g/mol. The second-order valence-corrected chi connectivity index (χ2v) is 3.50. The third-order valence-corrected chi connectivity index (χ3v) is 2.04. The number of carbonyl (C=O) groups excluding carboxylic acids is 2. The van der Waals surface area contributed by atoms with Crippen LogP contribution in [0.5, 0.6) is 0 Å². The van der Waals surface area contributed by atoms with Crippen molar-refractivity contribution in [3.8, 4) is 11.8 Å². The molecule has 0 unspecified atom stereocenters. The lowest BCUT2D eigenvalue weighted by molar-refractivity contribution is -0.117. The van der Waals surface area contributed by atoms with E-state index in [1.54, 1.807) is 24.3 Å². The first-order valence-electron chi connectivity index (χ1n) is 5.40. The van der Waals surface area contributed by atoms with E-state index in [9.17, 15) is 9.59 Å². The van der Waals surface area contributed by atoms with Crippen LogP contribution < -0.4 is 11.1 Å². The summed E-state index contributed by atoms with van der Waals surface area (Å²) in [5, 5.41) is 11.0. The molecule has 5 heteroatoms. The lowest BCUT2D eigenvalue weighted by atomic mass is 10.1. The second kappa shape index (κ2) is 7.09. The highest BCUT2D eigenvalue weighted by Gasteiger charge is 2.05. The Kier molecular flexibility index (Phi) is 5.42. The number of aliphatic hydroxyl groups is 1. The van der Waals surface area contributed by atoms with Gasteiger partial charge in [-0.15, -0.1) is 0 Å². The maximum Gasteiger partial charge on any atom is 0.251 e. The molecule has 0 heterocycles. The van der Waals surface area contributed by atoms with E-state index in [1.807, 2.05) is 0 Å². The molecule has 94 valence electrons. The Morgan fingerprint density at radius 2 is 1.94 bits per heavy atom. The van der Waals surface area contributed by atoms with E-state index in [-0.39, 0.29) is 19.1 Å². The maximum absolute atomic E-state index is 11.5. The number of amides is 2. The van der Waals surface area contributed by atoms with Crippen LogP contribution >= 0.6 is 0 Å². The average molecular weight is 246 g/mol. The first-order chi connectivity index (χ1) is 8.63. The fourth-order valence-corrected chi connectivity index (χ4v) is 1.19. The number of primary amides is 1. The Morgan fingerprint density at radius 3 is 2.50 bits per heavy atom. The van der Waals surface area contributed by atoms with Crippen LogP contribution in [0.4, 0.5) is 0 Å². The predicted molar refractivity (Wildman–Crippen MR) is 66.6 cm³/mol. The molecular weight excluding hydrogens is 232 g/mol. The van der Waals surface area contributed by atoms with Gasteiger partial charge in [-0.3, -0.25) is 9.59 Å². The Hall–Kier alpha value is -2.32. The van der Waals surface area contributed by atoms with E-state index < -0.39 is 5.91 Å². The van der Waals surface area contributed by atoms with Crippen LogP contribution in [0.15, 0.2) is 24.3 Å². The summed E-state index contributed by atoms with van der Waals surface area (Å²) in [7, 11) is 0. The van der Waals surface area contributed by atoms with Gasteiger partial charge < -0.3 is 16.2 Å². The van der Waals surface area contributed by atoms with Gasteiger partial charge in [0, 0.05) is 17.5 Å². The Balaban J connectivity index is 2.63. The molecule has 0 saturated carbocycles. The Bertz CT molecular complexity index is 483. The van der Waals surface area contributed by atoms with Gasteiger partial charge in [0.25, 0.3) is 5.91 Å². The molecule has 0 atom stereocenters. The molecule has 5 nitrogen and oxygen atoms in total. The van der Waals surface area contributed by atoms with E-state index in [4.69, 9.17) is 10.8 Å². The summed E-state index contributed by atoms with van der Waals surface area (Å²) in [5.74, 6) is 4.68. The molecule has 2 amide bonds. The molecule has 0 fully saturated rings. The van der Waals surface area contributed by atoms with Gasteiger partial charge >= 0.3 is 0 Å². The van der Waals surface area contributed by atoms with Gasteiger partial charge in [-0.05, 0) is 24.3 Å². The third kappa shape index (κ3) is 4.68. The molecule has 0 aromatic heterocycles. The number of aliphatic hydroxyl groups excluding tert-OH is 1. The average Bonchev–Trinajstić information content (AvgIpc) is 2.37. The molecule has 18 heavy (non-hydrogen) atoms. The molecule has 0 aliphatic carbocycles. The standard InChI is InChI=1S/C13H14N2O3/c14-12(17)9-15-13(18)11-6-4-10(5-7-11)3-1-2-8-16/h4-7,16H,2,8-9H2,(H2,14,17)(H,15,18). The minimum Gasteiger partial charge on any atom is -0.395 e. The normalized spacial score (nSPS) is 9.17. The summed E-state index contributed by atoms with van der Waals surface area (Å²) in [4.78, 5) is 22.0. The lowest BCUT2D eigenvalue weighted by Crippen LogP contribution is -2.33. The molecule has 1 aromatic rings. The van der Waals surface area contributed by atoms with Crippen molar-refractivity contribution in [1.29, 1.82) is 0 Å². The molecular formula is C13H14N2O3. The molecule has 0 saturated heterocycles. The van der Waals surface area contributed by atoms with Crippen LogP contribution in [0.1, 0.15) is 22.3 Å². The van der Waals surface area contributed by atoms with E-state index >= 15 is 0 Å². The van der Waals surface area contributed by atoms with Gasteiger partial charge in [0.15, 0.2) is 0 Å². The highest BCUT2D eigenvalue weighted by atomic mass is 16.2. The van der Waals surface area contributed by atoms with Crippen LogP contribution in [-0.2, 0) is 4.79 Å². The highest BCUT2D eigenvalue weighted by Crippen LogP contribution is 2.03. The number of nitrogens with one attached hydrogen (secondary N) is 1. The van der Waals surface area contributed by atoms with E-state index in [0.29, 0.717) is 12.0 Å². The molecule has 1 aromatic carbocycles. The van der Waals surface area contributed by atoms with Crippen LogP contribution in [0, 0.1) is 11.8 Å². The summed E-state index contributed by atoms with van der Waals surface area (Å²) < 4.78 is 0. The van der Waals surface area contributed by atoms with E-state index in [2.05, 4.69) is 17.2 Å². The van der Waals surface area contributed by atoms with Crippen LogP contribution in [-0.4, -0.2) is 30.1 Å². The summed E-state index contributed by atoms with van der Waals surface area (Å²) in [5.41, 5.74) is 6.11. The van der Waals surface area contributed by atoms with E-state index in [1.165, 1.54) is 0 Å². The van der Waals surface area contributed by atoms with Gasteiger partial charge in [-0.2, -0.15) is 0 Å². The van der Waals surface area contributed by atoms with Gasteiger partial charge in [-0.25, -0.2) is 0 Å². The van der Waals surface area contributed by atoms with Crippen molar-refractivity contribution in [3.63, 3.8) is 0 Å². The van der Waals surface area contributed by atoms with Gasteiger partial charge in [0.05, 0.1) is 13.2 Å². The molecule has 0 radical (unpaired) electrons. The molecule has 0 aliphatic heterocycles. The van der Waals surface area contributed by atoms with Crippen molar-refractivity contribution in [1.82, 2.24) is 5.32 Å². The molecule has 0 bridgehead atoms. The largest absolute Gasteiger partial charge is 0.395 e. The first kappa shape index (κ1) is 13.7. The zero-order chi connectivity index (χ0) is 13.4. The number of benzene rings is 1. The third-order valence-electron chi connectivity index (χ3n) is 2.04. The lowest BCUT2D eigenvalue weighted by Gasteiger charge is -2.02. The van der Waals surface area contributed by atoms with Crippen molar-refractivity contribution >= 4 is 11.8 Å². The Labute approximate surface area is 105 Å². The number of carbonyl (C=O) groups is 2. The fraction of sp³-hybridized carbons (Fsp3) is 0.231. The van der Waals surface area contributed by atoms with Crippen molar-refractivity contribution in [2.24, 2.45) is 5.73 Å². The minimum atomic E-state index is -0.588. The van der Waals surface area contributed by atoms with Gasteiger partial charge in [-0.1, -0.05) is 11.8 Å². The smallest absolute Gasteiger partial charge is 0.251 e. The second-order valence-electron chi connectivity index (χ2n) is 3.50.